The number of nitrogens with zero attached hydrogens (tertiary/aromatic N) is 2. The van der Waals surface area contributed by atoms with Gasteiger partial charge in [0, 0.05) is 12.7 Å². The summed E-state index contributed by atoms with van der Waals surface area (Å²) in [4.78, 5) is 10.8. The van der Waals surface area contributed by atoms with Gasteiger partial charge in [0.2, 0.25) is 0 Å². The molecular formula is C11H18N2O2. The summed E-state index contributed by atoms with van der Waals surface area (Å²) >= 11 is 0. The molecule has 0 fully saturated rings. The van der Waals surface area contributed by atoms with Crippen LogP contribution in [-0.2, 0) is 6.54 Å². The number of carboxylic acids is 1. The summed E-state index contributed by atoms with van der Waals surface area (Å²) in [5, 5.41) is 13.0. The highest BCUT2D eigenvalue weighted by molar-refractivity contribution is 5.88. The second kappa shape index (κ2) is 4.96. The summed E-state index contributed by atoms with van der Waals surface area (Å²) in [5.41, 5.74) is 0.895. The molecule has 4 heteroatoms. The molecule has 0 atom stereocenters. The van der Waals surface area contributed by atoms with Gasteiger partial charge in [-0.25, -0.2) is 4.79 Å². The van der Waals surface area contributed by atoms with Gasteiger partial charge in [0.1, 0.15) is 5.56 Å². The third-order valence-electron chi connectivity index (χ3n) is 2.35. The molecule has 0 spiro atoms. The zero-order chi connectivity index (χ0) is 11.4. The lowest BCUT2D eigenvalue weighted by molar-refractivity contribution is 0.0696. The van der Waals surface area contributed by atoms with E-state index in [4.69, 9.17) is 5.11 Å². The first-order valence-electron chi connectivity index (χ1n) is 5.28. The molecule has 1 rings (SSSR count). The summed E-state index contributed by atoms with van der Waals surface area (Å²) in [7, 11) is 0. The van der Waals surface area contributed by atoms with Gasteiger partial charge in [0.25, 0.3) is 0 Å². The monoisotopic (exact) mass is 210 g/mol. The highest BCUT2D eigenvalue weighted by Crippen LogP contribution is 2.08. The minimum absolute atomic E-state index is 0.305. The summed E-state index contributed by atoms with van der Waals surface area (Å²) in [6.07, 6.45) is 3.79. The molecule has 0 aliphatic heterocycles. The fourth-order valence-corrected chi connectivity index (χ4v) is 1.50. The average molecular weight is 210 g/mol. The normalized spacial score (nSPS) is 10.9. The van der Waals surface area contributed by atoms with Crippen LogP contribution in [0.5, 0.6) is 0 Å². The third-order valence-corrected chi connectivity index (χ3v) is 2.35. The average Bonchev–Trinajstić information content (AvgIpc) is 2.46. The minimum atomic E-state index is -0.900. The molecule has 0 radical (unpaired) electrons. The van der Waals surface area contributed by atoms with Gasteiger partial charge in [-0.1, -0.05) is 13.8 Å². The van der Waals surface area contributed by atoms with E-state index in [1.54, 1.807) is 17.8 Å². The topological polar surface area (TPSA) is 55.1 Å². The van der Waals surface area contributed by atoms with Crippen molar-refractivity contribution >= 4 is 5.97 Å². The molecule has 1 aromatic heterocycles. The lowest BCUT2D eigenvalue weighted by Gasteiger charge is -2.03. The van der Waals surface area contributed by atoms with Crippen molar-refractivity contribution in [2.24, 2.45) is 5.92 Å². The van der Waals surface area contributed by atoms with E-state index in [0.717, 1.165) is 19.4 Å². The van der Waals surface area contributed by atoms with Gasteiger partial charge < -0.3 is 5.11 Å². The predicted molar refractivity (Wildman–Crippen MR) is 58.0 cm³/mol. The van der Waals surface area contributed by atoms with E-state index in [0.29, 0.717) is 17.2 Å². The fraction of sp³-hybridized carbons (Fsp3) is 0.636. The van der Waals surface area contributed by atoms with Crippen LogP contribution < -0.4 is 0 Å². The number of carboxylic acid groups (broad SMARTS) is 1. The Labute approximate surface area is 89.9 Å². The number of aromatic nitrogens is 2. The summed E-state index contributed by atoms with van der Waals surface area (Å²) < 4.78 is 1.72. The third kappa shape index (κ3) is 3.38. The number of aromatic carboxylic acids is 1. The largest absolute Gasteiger partial charge is 0.478 e. The molecule has 0 saturated heterocycles. The number of hydrogen-bond donors (Lipinski definition) is 1. The molecule has 0 bridgehead atoms. The molecule has 15 heavy (non-hydrogen) atoms. The second-order valence-corrected chi connectivity index (χ2v) is 4.23. The van der Waals surface area contributed by atoms with Gasteiger partial charge in [0.05, 0.1) is 5.69 Å². The van der Waals surface area contributed by atoms with Gasteiger partial charge in [-0.2, -0.15) is 5.10 Å². The maximum atomic E-state index is 10.8. The lowest BCUT2D eigenvalue weighted by Crippen LogP contribution is -2.00. The Morgan fingerprint density at radius 1 is 1.60 bits per heavy atom. The minimum Gasteiger partial charge on any atom is -0.478 e. The van der Waals surface area contributed by atoms with Crippen LogP contribution in [-0.4, -0.2) is 20.9 Å². The SMILES string of the molecule is Cc1nn(CCCC(C)C)cc1C(=O)O. The van der Waals surface area contributed by atoms with E-state index in [9.17, 15) is 4.79 Å². The first-order valence-corrected chi connectivity index (χ1v) is 5.28. The summed E-state index contributed by atoms with van der Waals surface area (Å²) in [5.74, 6) is -0.219. The Kier molecular flexibility index (Phi) is 3.88. The van der Waals surface area contributed by atoms with Crippen LogP contribution in [0, 0.1) is 12.8 Å². The first kappa shape index (κ1) is 11.8. The molecule has 1 heterocycles. The predicted octanol–water partition coefficient (Wildman–Crippen LogP) is 2.33. The van der Waals surface area contributed by atoms with E-state index >= 15 is 0 Å². The number of rotatable bonds is 5. The van der Waals surface area contributed by atoms with Crippen LogP contribution in [0.4, 0.5) is 0 Å². The van der Waals surface area contributed by atoms with Crippen LogP contribution in [0.25, 0.3) is 0 Å². The van der Waals surface area contributed by atoms with Crippen molar-refractivity contribution in [1.29, 1.82) is 0 Å². The number of aryl methyl sites for hydroxylation is 2. The molecule has 0 aliphatic rings. The zero-order valence-corrected chi connectivity index (χ0v) is 9.53. The standard InChI is InChI=1S/C11H18N2O2/c1-8(2)5-4-6-13-7-10(11(14)15)9(3)12-13/h7-8H,4-6H2,1-3H3,(H,14,15). The molecular weight excluding hydrogens is 192 g/mol. The van der Waals surface area contributed by atoms with E-state index in [1.165, 1.54) is 0 Å². The molecule has 84 valence electrons. The van der Waals surface area contributed by atoms with Gasteiger partial charge in [-0.15, -0.1) is 0 Å². The molecule has 0 aromatic carbocycles. The van der Waals surface area contributed by atoms with Crippen LogP contribution >= 0.6 is 0 Å². The quantitative estimate of drug-likeness (QED) is 0.811. The zero-order valence-electron chi connectivity index (χ0n) is 9.53. The van der Waals surface area contributed by atoms with Crippen LogP contribution in [0.15, 0.2) is 6.20 Å². The van der Waals surface area contributed by atoms with Crippen LogP contribution in [0.2, 0.25) is 0 Å². The Hall–Kier alpha value is -1.32. The van der Waals surface area contributed by atoms with Crippen molar-refractivity contribution < 1.29 is 9.90 Å². The van der Waals surface area contributed by atoms with Gasteiger partial charge >= 0.3 is 5.97 Å². The van der Waals surface area contributed by atoms with Crippen molar-refractivity contribution in [2.75, 3.05) is 0 Å². The Morgan fingerprint density at radius 3 is 2.73 bits per heavy atom. The maximum absolute atomic E-state index is 10.8. The van der Waals surface area contributed by atoms with Gasteiger partial charge in [-0.3, -0.25) is 4.68 Å². The van der Waals surface area contributed by atoms with Gasteiger partial charge in [-0.05, 0) is 25.7 Å². The van der Waals surface area contributed by atoms with E-state index in [2.05, 4.69) is 18.9 Å². The smallest absolute Gasteiger partial charge is 0.339 e. The summed E-state index contributed by atoms with van der Waals surface area (Å²) in [6.45, 7) is 6.88. The first-order chi connectivity index (χ1) is 7.00. The molecule has 1 aromatic rings. The van der Waals surface area contributed by atoms with E-state index < -0.39 is 5.97 Å². The molecule has 1 N–H and O–H groups in total. The Bertz CT molecular complexity index is 342. The Balaban J connectivity index is 2.56. The summed E-state index contributed by atoms with van der Waals surface area (Å²) in [6, 6.07) is 0. The molecule has 0 amide bonds. The van der Waals surface area contributed by atoms with E-state index in [1.807, 2.05) is 0 Å². The highest BCUT2D eigenvalue weighted by Gasteiger charge is 2.11. The van der Waals surface area contributed by atoms with E-state index in [-0.39, 0.29) is 0 Å². The number of hydrogen-bond acceptors (Lipinski definition) is 2. The van der Waals surface area contributed by atoms with Crippen molar-refractivity contribution in [3.05, 3.63) is 17.5 Å². The van der Waals surface area contributed by atoms with Crippen molar-refractivity contribution in [3.63, 3.8) is 0 Å². The van der Waals surface area contributed by atoms with Crippen molar-refractivity contribution in [1.82, 2.24) is 9.78 Å². The highest BCUT2D eigenvalue weighted by atomic mass is 16.4. The molecule has 4 nitrogen and oxygen atoms in total. The lowest BCUT2D eigenvalue weighted by atomic mass is 10.1. The second-order valence-electron chi connectivity index (χ2n) is 4.23. The number of carbonyl (C=O) groups is 1. The maximum Gasteiger partial charge on any atom is 0.339 e. The van der Waals surface area contributed by atoms with Crippen molar-refractivity contribution in [3.8, 4) is 0 Å². The molecule has 0 saturated carbocycles. The van der Waals surface area contributed by atoms with Crippen LogP contribution in [0.3, 0.4) is 0 Å². The Morgan fingerprint density at radius 2 is 2.27 bits per heavy atom. The molecule has 0 unspecified atom stereocenters. The van der Waals surface area contributed by atoms with Crippen LogP contribution in [0.1, 0.15) is 42.7 Å². The fourth-order valence-electron chi connectivity index (χ4n) is 1.50. The van der Waals surface area contributed by atoms with Gasteiger partial charge in [0.15, 0.2) is 0 Å². The van der Waals surface area contributed by atoms with Crippen molar-refractivity contribution in [2.45, 2.75) is 40.2 Å². The molecule has 0 aliphatic carbocycles.